The van der Waals surface area contributed by atoms with E-state index in [1.165, 1.54) is 4.90 Å². The molecular formula is C11H17NOS. The van der Waals surface area contributed by atoms with Crippen LogP contribution < -0.4 is 5.32 Å². The summed E-state index contributed by atoms with van der Waals surface area (Å²) in [7, 11) is 0. The topological polar surface area (TPSA) is 32.3 Å². The number of aliphatic hydroxyl groups excluding tert-OH is 1. The van der Waals surface area contributed by atoms with E-state index in [1.54, 1.807) is 11.8 Å². The SMILES string of the molecule is CCC(O)CNc1ccc(SC)cc1. The van der Waals surface area contributed by atoms with Crippen molar-refractivity contribution in [3.8, 4) is 0 Å². The maximum absolute atomic E-state index is 9.35. The van der Waals surface area contributed by atoms with Crippen molar-refractivity contribution >= 4 is 17.4 Å². The minimum absolute atomic E-state index is 0.254. The number of rotatable bonds is 5. The summed E-state index contributed by atoms with van der Waals surface area (Å²) in [6.07, 6.45) is 2.59. The van der Waals surface area contributed by atoms with Gasteiger partial charge in [0, 0.05) is 17.1 Å². The Kier molecular flexibility index (Phi) is 4.84. The molecule has 0 spiro atoms. The van der Waals surface area contributed by atoms with Crippen LogP contribution in [0.15, 0.2) is 29.2 Å². The van der Waals surface area contributed by atoms with Crippen molar-refractivity contribution in [1.29, 1.82) is 0 Å². The van der Waals surface area contributed by atoms with E-state index >= 15 is 0 Å². The minimum atomic E-state index is -0.254. The van der Waals surface area contributed by atoms with E-state index in [0.29, 0.717) is 6.54 Å². The molecule has 0 saturated carbocycles. The van der Waals surface area contributed by atoms with E-state index in [4.69, 9.17) is 0 Å². The fraction of sp³-hybridized carbons (Fsp3) is 0.455. The standard InChI is InChI=1S/C11H17NOS/c1-3-10(13)8-12-9-4-6-11(14-2)7-5-9/h4-7,10,12-13H,3,8H2,1-2H3. The zero-order chi connectivity index (χ0) is 10.4. The maximum atomic E-state index is 9.35. The summed E-state index contributed by atoms with van der Waals surface area (Å²) >= 11 is 1.73. The van der Waals surface area contributed by atoms with Crippen molar-refractivity contribution in [2.24, 2.45) is 0 Å². The van der Waals surface area contributed by atoms with Crippen molar-refractivity contribution in [2.45, 2.75) is 24.3 Å². The molecule has 1 rings (SSSR count). The minimum Gasteiger partial charge on any atom is -0.391 e. The number of nitrogens with one attached hydrogen (secondary N) is 1. The highest BCUT2D eigenvalue weighted by Gasteiger charge is 1.99. The molecule has 0 radical (unpaired) electrons. The second-order valence-electron chi connectivity index (χ2n) is 3.17. The number of hydrogen-bond donors (Lipinski definition) is 2. The lowest BCUT2D eigenvalue weighted by atomic mass is 10.2. The highest BCUT2D eigenvalue weighted by Crippen LogP contribution is 2.17. The average molecular weight is 211 g/mol. The van der Waals surface area contributed by atoms with Gasteiger partial charge in [0.15, 0.2) is 0 Å². The van der Waals surface area contributed by atoms with Crippen LogP contribution in [-0.4, -0.2) is 24.0 Å². The second kappa shape index (κ2) is 5.94. The van der Waals surface area contributed by atoms with Gasteiger partial charge in [0.05, 0.1) is 6.10 Å². The number of thioether (sulfide) groups is 1. The van der Waals surface area contributed by atoms with Crippen LogP contribution in [0.1, 0.15) is 13.3 Å². The molecule has 1 aromatic rings. The number of aliphatic hydroxyl groups is 1. The largest absolute Gasteiger partial charge is 0.391 e. The number of benzene rings is 1. The molecule has 78 valence electrons. The van der Waals surface area contributed by atoms with E-state index in [0.717, 1.165) is 12.1 Å². The molecule has 0 saturated heterocycles. The summed E-state index contributed by atoms with van der Waals surface area (Å²) < 4.78 is 0. The van der Waals surface area contributed by atoms with E-state index in [2.05, 4.69) is 23.7 Å². The summed E-state index contributed by atoms with van der Waals surface area (Å²) in [4.78, 5) is 1.26. The molecule has 0 fully saturated rings. The van der Waals surface area contributed by atoms with Gasteiger partial charge in [-0.25, -0.2) is 0 Å². The molecule has 0 amide bonds. The molecule has 1 aromatic carbocycles. The van der Waals surface area contributed by atoms with Gasteiger partial charge >= 0.3 is 0 Å². The van der Waals surface area contributed by atoms with E-state index in [9.17, 15) is 5.11 Å². The highest BCUT2D eigenvalue weighted by molar-refractivity contribution is 7.98. The number of hydrogen-bond acceptors (Lipinski definition) is 3. The van der Waals surface area contributed by atoms with Crippen LogP contribution in [0.5, 0.6) is 0 Å². The first-order chi connectivity index (χ1) is 6.76. The lowest BCUT2D eigenvalue weighted by molar-refractivity contribution is 0.183. The Morgan fingerprint density at radius 3 is 2.50 bits per heavy atom. The molecule has 2 nitrogen and oxygen atoms in total. The molecule has 2 N–H and O–H groups in total. The Labute approximate surface area is 89.7 Å². The van der Waals surface area contributed by atoms with Gasteiger partial charge in [0.1, 0.15) is 0 Å². The maximum Gasteiger partial charge on any atom is 0.0709 e. The van der Waals surface area contributed by atoms with Crippen LogP contribution in [0, 0.1) is 0 Å². The van der Waals surface area contributed by atoms with Crippen LogP contribution in [0.4, 0.5) is 5.69 Å². The van der Waals surface area contributed by atoms with E-state index < -0.39 is 0 Å². The molecule has 0 bridgehead atoms. The van der Waals surface area contributed by atoms with Crippen LogP contribution in [0.3, 0.4) is 0 Å². The Balaban J connectivity index is 2.43. The smallest absolute Gasteiger partial charge is 0.0709 e. The summed E-state index contributed by atoms with van der Waals surface area (Å²) in [6.45, 7) is 2.60. The molecule has 0 aliphatic carbocycles. The molecule has 0 aromatic heterocycles. The van der Waals surface area contributed by atoms with Crippen molar-refractivity contribution in [3.05, 3.63) is 24.3 Å². The van der Waals surface area contributed by atoms with Crippen molar-refractivity contribution in [2.75, 3.05) is 18.1 Å². The van der Waals surface area contributed by atoms with Gasteiger partial charge in [-0.15, -0.1) is 11.8 Å². The van der Waals surface area contributed by atoms with Crippen LogP contribution in [0.25, 0.3) is 0 Å². The molecular weight excluding hydrogens is 194 g/mol. The zero-order valence-corrected chi connectivity index (χ0v) is 9.47. The monoisotopic (exact) mass is 211 g/mol. The summed E-state index contributed by atoms with van der Waals surface area (Å²) in [5, 5.41) is 12.5. The number of anilines is 1. The first-order valence-electron chi connectivity index (χ1n) is 4.82. The Morgan fingerprint density at radius 2 is 2.00 bits per heavy atom. The van der Waals surface area contributed by atoms with Gasteiger partial charge in [-0.2, -0.15) is 0 Å². The summed E-state index contributed by atoms with van der Waals surface area (Å²) in [5.74, 6) is 0. The normalized spacial score (nSPS) is 12.5. The second-order valence-corrected chi connectivity index (χ2v) is 4.05. The summed E-state index contributed by atoms with van der Waals surface area (Å²) in [6, 6.07) is 8.22. The van der Waals surface area contributed by atoms with Gasteiger partial charge in [-0.1, -0.05) is 6.92 Å². The fourth-order valence-electron chi connectivity index (χ4n) is 1.09. The van der Waals surface area contributed by atoms with Gasteiger partial charge < -0.3 is 10.4 Å². The Bertz CT molecular complexity index is 260. The predicted molar refractivity (Wildman–Crippen MR) is 63.0 cm³/mol. The third-order valence-corrected chi connectivity index (χ3v) is 2.85. The zero-order valence-electron chi connectivity index (χ0n) is 8.66. The van der Waals surface area contributed by atoms with Crippen LogP contribution >= 0.6 is 11.8 Å². The van der Waals surface area contributed by atoms with Gasteiger partial charge in [0.25, 0.3) is 0 Å². The van der Waals surface area contributed by atoms with Gasteiger partial charge in [0.2, 0.25) is 0 Å². The first kappa shape index (κ1) is 11.4. The van der Waals surface area contributed by atoms with Crippen molar-refractivity contribution < 1.29 is 5.11 Å². The lowest BCUT2D eigenvalue weighted by Gasteiger charge is -2.10. The van der Waals surface area contributed by atoms with Crippen LogP contribution in [-0.2, 0) is 0 Å². The highest BCUT2D eigenvalue weighted by atomic mass is 32.2. The van der Waals surface area contributed by atoms with E-state index in [1.807, 2.05) is 19.1 Å². The fourth-order valence-corrected chi connectivity index (χ4v) is 1.50. The third kappa shape index (κ3) is 3.60. The predicted octanol–water partition coefficient (Wildman–Crippen LogP) is 2.59. The molecule has 0 aliphatic rings. The third-order valence-electron chi connectivity index (χ3n) is 2.10. The Morgan fingerprint density at radius 1 is 1.36 bits per heavy atom. The lowest BCUT2D eigenvalue weighted by Crippen LogP contribution is -2.17. The molecule has 14 heavy (non-hydrogen) atoms. The Hall–Kier alpha value is -0.670. The van der Waals surface area contributed by atoms with Gasteiger partial charge in [-0.3, -0.25) is 0 Å². The summed E-state index contributed by atoms with van der Waals surface area (Å²) in [5.41, 5.74) is 1.07. The van der Waals surface area contributed by atoms with Crippen molar-refractivity contribution in [1.82, 2.24) is 0 Å². The molecule has 3 heteroatoms. The molecule has 0 heterocycles. The van der Waals surface area contributed by atoms with Crippen LogP contribution in [0.2, 0.25) is 0 Å². The van der Waals surface area contributed by atoms with E-state index in [-0.39, 0.29) is 6.10 Å². The van der Waals surface area contributed by atoms with Crippen molar-refractivity contribution in [3.63, 3.8) is 0 Å². The first-order valence-corrected chi connectivity index (χ1v) is 6.04. The molecule has 0 aliphatic heterocycles. The average Bonchev–Trinajstić information content (AvgIpc) is 2.26. The van der Waals surface area contributed by atoms with Gasteiger partial charge in [-0.05, 0) is 36.9 Å². The molecule has 1 atom stereocenters. The quantitative estimate of drug-likeness (QED) is 0.734. The molecule has 1 unspecified atom stereocenters.